The Kier molecular flexibility index (Phi) is 12.6. The van der Waals surface area contributed by atoms with Crippen molar-refractivity contribution in [2.45, 2.75) is 30.1 Å². The minimum absolute atomic E-state index is 0. The van der Waals surface area contributed by atoms with E-state index in [9.17, 15) is 36.2 Å². The van der Waals surface area contributed by atoms with Crippen molar-refractivity contribution in [2.75, 3.05) is 0 Å². The third kappa shape index (κ3) is 8.75. The molecule has 16 heteroatoms. The monoisotopic (exact) mass is 740 g/mol. The molecule has 0 bridgehead atoms. The molecule has 6 aromatic carbocycles. The van der Waals surface area contributed by atoms with E-state index in [0.29, 0.717) is 17.8 Å². The normalized spacial score (nSPS) is 12.0. The number of rotatable bonds is 8. The summed E-state index contributed by atoms with van der Waals surface area (Å²) in [5.41, 5.74) is 5.01. The Hall–Kier alpha value is -3.54. The van der Waals surface area contributed by atoms with Crippen LogP contribution in [0.4, 0.5) is 22.7 Å². The van der Waals surface area contributed by atoms with Crippen molar-refractivity contribution >= 4 is 64.5 Å². The van der Waals surface area contributed by atoms with Gasteiger partial charge in [0.25, 0.3) is 20.2 Å². The zero-order valence-electron chi connectivity index (χ0n) is 27.9. The van der Waals surface area contributed by atoms with E-state index in [1.165, 1.54) is 60.7 Å². The van der Waals surface area contributed by atoms with Crippen LogP contribution in [-0.2, 0) is 26.7 Å². The van der Waals surface area contributed by atoms with Crippen molar-refractivity contribution in [1.29, 1.82) is 0 Å². The second-order valence-corrected chi connectivity index (χ2v) is 14.1. The van der Waals surface area contributed by atoms with Crippen LogP contribution in [0.5, 0.6) is 11.5 Å². The summed E-state index contributed by atoms with van der Waals surface area (Å²) in [5, 5.41) is 42.9. The molecule has 0 aliphatic carbocycles. The largest absolute Gasteiger partial charge is 1.00 e. The Morgan fingerprint density at radius 1 is 0.529 bits per heavy atom. The van der Waals surface area contributed by atoms with Crippen molar-refractivity contribution in [1.82, 2.24) is 0 Å². The number of aryl methyl sites for hydroxylation is 2. The Bertz CT molecular complexity index is 2420. The van der Waals surface area contributed by atoms with Crippen molar-refractivity contribution in [3.05, 3.63) is 119 Å². The summed E-state index contributed by atoms with van der Waals surface area (Å²) in [7, 11) is -9.02. The van der Waals surface area contributed by atoms with Gasteiger partial charge < -0.3 is 10.2 Å². The molecule has 248 valence electrons. The number of hydrogen-bond donors (Lipinski definition) is 2. The minimum atomic E-state index is -4.51. The minimum Gasteiger partial charge on any atom is -0.871 e. The molecule has 0 heterocycles. The molecule has 12 nitrogen and oxygen atoms in total. The van der Waals surface area contributed by atoms with E-state index in [-0.39, 0.29) is 102 Å². The Balaban J connectivity index is 0.00000292. The average molecular weight is 741 g/mol. The first-order valence-corrected chi connectivity index (χ1v) is 17.5. The van der Waals surface area contributed by atoms with Gasteiger partial charge in [0.15, 0.2) is 0 Å². The second kappa shape index (κ2) is 16.0. The first-order chi connectivity index (χ1) is 23.2. The predicted octanol–water partition coefficient (Wildman–Crippen LogP) is 1.68. The van der Waals surface area contributed by atoms with Crippen LogP contribution >= 0.6 is 0 Å². The molecule has 6 rings (SSSR count). The number of nitrogens with zero attached hydrogens (tertiary/aromatic N) is 4. The molecular weight excluding hydrogens is 715 g/mol. The summed E-state index contributed by atoms with van der Waals surface area (Å²) in [6, 6.07) is 24.7. The Morgan fingerprint density at radius 3 is 1.27 bits per heavy atom. The van der Waals surface area contributed by atoms with E-state index in [4.69, 9.17) is 0 Å². The van der Waals surface area contributed by atoms with E-state index >= 15 is 0 Å². The second-order valence-electron chi connectivity index (χ2n) is 11.3. The van der Waals surface area contributed by atoms with E-state index in [1.807, 2.05) is 38.1 Å². The fraction of sp³-hybridized carbons (Fsp3) is 0.0857. The van der Waals surface area contributed by atoms with Gasteiger partial charge in [0.05, 0.1) is 22.7 Å². The average Bonchev–Trinajstić information content (AvgIpc) is 3.05. The van der Waals surface area contributed by atoms with Gasteiger partial charge in [0, 0.05) is 10.8 Å². The third-order valence-corrected chi connectivity index (χ3v) is 9.86. The molecule has 6 aromatic rings. The summed E-state index contributed by atoms with van der Waals surface area (Å²) in [4.78, 5) is -0.711. The van der Waals surface area contributed by atoms with Gasteiger partial charge in [-0.05, 0) is 102 Å². The van der Waals surface area contributed by atoms with Crippen LogP contribution in [0.1, 0.15) is 22.3 Å². The SMILES string of the molecule is Cc1cc(N=Nc2ccc3c(S(=O)(=O)O)cccc3c2[O-])ccc1Cc1ccc(N=Nc2ccc3c(S(=O)(=O)O)cccc3c2[O-])cc1C.[Na+].[Na+]. The van der Waals surface area contributed by atoms with Crippen LogP contribution < -0.4 is 69.3 Å². The fourth-order valence-corrected chi connectivity index (χ4v) is 6.91. The predicted molar refractivity (Wildman–Crippen MR) is 180 cm³/mol. The molecule has 0 fully saturated rings. The van der Waals surface area contributed by atoms with Gasteiger partial charge >= 0.3 is 59.1 Å². The van der Waals surface area contributed by atoms with Gasteiger partial charge in [-0.2, -0.15) is 37.3 Å². The number of fused-ring (bicyclic) bond motifs is 2. The molecule has 2 N–H and O–H groups in total. The molecule has 0 spiro atoms. The summed E-state index contributed by atoms with van der Waals surface area (Å²) in [6.45, 7) is 3.86. The van der Waals surface area contributed by atoms with Gasteiger partial charge in [-0.1, -0.05) is 60.0 Å². The molecular formula is C35H26N4Na2O8S2. The van der Waals surface area contributed by atoms with Crippen molar-refractivity contribution < 1.29 is 95.3 Å². The summed E-state index contributed by atoms with van der Waals surface area (Å²) in [5.74, 6) is -1.03. The standard InChI is InChI=1S/C35H28N4O8S2.2Na/c1-20-17-24(36-38-30-15-13-26-28(34(30)40)5-3-7-32(26)48(42,43)44)11-9-22(20)19-23-10-12-25(18-21(23)2)37-39-31-16-14-27-29(35(31)41)6-4-8-33(27)49(45,46)47;;/h3-18,40-41H,19H2,1-2H3,(H,42,43,44)(H,45,46,47);;/q;2*+1/p-2. The van der Waals surface area contributed by atoms with Gasteiger partial charge in [-0.25, -0.2) is 0 Å². The van der Waals surface area contributed by atoms with Crippen LogP contribution in [0.3, 0.4) is 0 Å². The zero-order valence-corrected chi connectivity index (χ0v) is 33.5. The van der Waals surface area contributed by atoms with E-state index < -0.39 is 31.7 Å². The van der Waals surface area contributed by atoms with Crippen LogP contribution in [-0.4, -0.2) is 25.9 Å². The number of azo groups is 2. The van der Waals surface area contributed by atoms with E-state index in [2.05, 4.69) is 20.5 Å². The summed E-state index contributed by atoms with van der Waals surface area (Å²) < 4.78 is 65.7. The molecule has 0 saturated heterocycles. The molecule has 0 unspecified atom stereocenters. The zero-order chi connectivity index (χ0) is 35.1. The Morgan fingerprint density at radius 2 is 0.922 bits per heavy atom. The maximum atomic E-state index is 12.9. The van der Waals surface area contributed by atoms with Crippen molar-refractivity contribution in [2.24, 2.45) is 20.5 Å². The van der Waals surface area contributed by atoms with E-state index in [1.54, 1.807) is 12.1 Å². The summed E-state index contributed by atoms with van der Waals surface area (Å²) in [6.07, 6.45) is 0.601. The smallest absolute Gasteiger partial charge is 0.871 e. The maximum absolute atomic E-state index is 12.9. The number of benzene rings is 6. The van der Waals surface area contributed by atoms with Gasteiger partial charge in [-0.15, -0.1) is 0 Å². The summed E-state index contributed by atoms with van der Waals surface area (Å²) >= 11 is 0. The van der Waals surface area contributed by atoms with Crippen molar-refractivity contribution in [3.63, 3.8) is 0 Å². The fourth-order valence-electron chi connectivity index (χ4n) is 5.50. The molecule has 0 saturated carbocycles. The molecule has 0 amide bonds. The van der Waals surface area contributed by atoms with Gasteiger partial charge in [0.2, 0.25) is 0 Å². The van der Waals surface area contributed by atoms with Crippen LogP contribution in [0.15, 0.2) is 127 Å². The molecule has 51 heavy (non-hydrogen) atoms. The van der Waals surface area contributed by atoms with Crippen molar-refractivity contribution in [3.8, 4) is 11.5 Å². The van der Waals surface area contributed by atoms with Crippen LogP contribution in [0, 0.1) is 13.8 Å². The first kappa shape index (κ1) is 40.2. The molecule has 0 radical (unpaired) electrons. The number of hydrogen-bond acceptors (Lipinski definition) is 10. The van der Waals surface area contributed by atoms with Crippen LogP contribution in [0.25, 0.3) is 21.5 Å². The van der Waals surface area contributed by atoms with Gasteiger partial charge in [-0.3, -0.25) is 9.11 Å². The van der Waals surface area contributed by atoms with Crippen LogP contribution in [0.2, 0.25) is 0 Å². The molecule has 0 aromatic heterocycles. The first-order valence-electron chi connectivity index (χ1n) is 14.6. The quantitative estimate of drug-likeness (QED) is 0.133. The Labute approximate surface area is 338 Å². The maximum Gasteiger partial charge on any atom is 1.00 e. The van der Waals surface area contributed by atoms with E-state index in [0.717, 1.165) is 22.3 Å². The topological polar surface area (TPSA) is 204 Å². The van der Waals surface area contributed by atoms with Gasteiger partial charge in [0.1, 0.15) is 9.79 Å². The molecule has 0 aliphatic rings. The molecule has 0 atom stereocenters. The molecule has 0 aliphatic heterocycles. The third-order valence-electron chi connectivity index (χ3n) is 8.04.